The minimum atomic E-state index is -0.539. The molecule has 0 fully saturated rings. The Balaban J connectivity index is 1.87. The monoisotopic (exact) mass is 344 g/mol. The first-order valence-corrected chi connectivity index (χ1v) is 7.95. The highest BCUT2D eigenvalue weighted by Gasteiger charge is 2.17. The van der Waals surface area contributed by atoms with E-state index in [0.29, 0.717) is 17.8 Å². The van der Waals surface area contributed by atoms with E-state index < -0.39 is 5.97 Å². The van der Waals surface area contributed by atoms with E-state index in [1.165, 1.54) is 11.1 Å². The van der Waals surface area contributed by atoms with Gasteiger partial charge in [0.15, 0.2) is 6.61 Å². The second kappa shape index (κ2) is 7.83. The summed E-state index contributed by atoms with van der Waals surface area (Å²) in [6.07, 6.45) is 1.44. The number of anilines is 1. The quantitative estimate of drug-likeness (QED) is 0.745. The zero-order valence-electron chi connectivity index (χ0n) is 15.3. The van der Waals surface area contributed by atoms with Gasteiger partial charge in [0.1, 0.15) is 5.56 Å². The van der Waals surface area contributed by atoms with Gasteiger partial charge in [-0.05, 0) is 24.6 Å². The number of hydrogen-bond donors (Lipinski definition) is 0. The summed E-state index contributed by atoms with van der Waals surface area (Å²) >= 11 is 0. The molecule has 2 rings (SSSR count). The van der Waals surface area contributed by atoms with Crippen LogP contribution in [0.2, 0.25) is 0 Å². The Hall–Kier alpha value is -2.83. The summed E-state index contributed by atoms with van der Waals surface area (Å²) in [6, 6.07) is 7.95. The number of likely N-dealkylation sites (N-methyl/N-ethyl adjacent to an activating group) is 1. The van der Waals surface area contributed by atoms with Crippen molar-refractivity contribution in [3.63, 3.8) is 0 Å². The van der Waals surface area contributed by atoms with Crippen molar-refractivity contribution in [2.75, 3.05) is 32.6 Å². The molecule has 1 aromatic heterocycles. The lowest BCUT2D eigenvalue weighted by atomic mass is 10.2. The van der Waals surface area contributed by atoms with Gasteiger partial charge in [-0.1, -0.05) is 12.1 Å². The summed E-state index contributed by atoms with van der Waals surface area (Å²) in [5.41, 5.74) is 3.18. The lowest BCUT2D eigenvalue weighted by Crippen LogP contribution is -2.30. The SMILES string of the molecule is Cc1c(C(=O)OCC(=O)N(C)Cc2ccc(N(C)C)cc2)cnn1C. The van der Waals surface area contributed by atoms with Crippen LogP contribution in [0.1, 0.15) is 21.6 Å². The molecule has 0 unspecified atom stereocenters. The van der Waals surface area contributed by atoms with Crippen LogP contribution in [0.25, 0.3) is 0 Å². The van der Waals surface area contributed by atoms with Crippen LogP contribution in [0.15, 0.2) is 30.5 Å². The molecule has 1 amide bonds. The van der Waals surface area contributed by atoms with Gasteiger partial charge in [0.05, 0.1) is 6.20 Å². The largest absolute Gasteiger partial charge is 0.452 e. The van der Waals surface area contributed by atoms with E-state index in [9.17, 15) is 9.59 Å². The molecule has 7 heteroatoms. The fourth-order valence-corrected chi connectivity index (χ4v) is 2.28. The number of carbonyl (C=O) groups excluding carboxylic acids is 2. The topological polar surface area (TPSA) is 67.7 Å². The number of aryl methyl sites for hydroxylation is 1. The standard InChI is InChI=1S/C18H24N4O3/c1-13-16(10-19-22(13)5)18(24)25-12-17(23)21(4)11-14-6-8-15(9-7-14)20(2)3/h6-10H,11-12H2,1-5H3. The number of amides is 1. The van der Waals surface area contributed by atoms with Gasteiger partial charge in [0.2, 0.25) is 0 Å². The normalized spacial score (nSPS) is 10.4. The van der Waals surface area contributed by atoms with E-state index in [4.69, 9.17) is 4.74 Å². The maximum absolute atomic E-state index is 12.2. The van der Waals surface area contributed by atoms with Gasteiger partial charge in [-0.3, -0.25) is 9.48 Å². The number of benzene rings is 1. The average molecular weight is 344 g/mol. The predicted octanol–water partition coefficient (Wildman–Crippen LogP) is 1.61. The van der Waals surface area contributed by atoms with Crippen molar-refractivity contribution in [2.45, 2.75) is 13.5 Å². The first-order chi connectivity index (χ1) is 11.8. The lowest BCUT2D eigenvalue weighted by molar-refractivity contribution is -0.133. The fourth-order valence-electron chi connectivity index (χ4n) is 2.28. The number of aromatic nitrogens is 2. The Kier molecular flexibility index (Phi) is 5.80. The molecular weight excluding hydrogens is 320 g/mol. The van der Waals surface area contributed by atoms with Gasteiger partial charge >= 0.3 is 5.97 Å². The number of ether oxygens (including phenoxy) is 1. The highest BCUT2D eigenvalue weighted by molar-refractivity contribution is 5.92. The predicted molar refractivity (Wildman–Crippen MR) is 95.5 cm³/mol. The Bertz CT molecular complexity index is 750. The summed E-state index contributed by atoms with van der Waals surface area (Å²) in [5, 5.41) is 3.99. The van der Waals surface area contributed by atoms with Crippen molar-refractivity contribution in [3.05, 3.63) is 47.3 Å². The Labute approximate surface area is 147 Å². The molecule has 0 saturated carbocycles. The van der Waals surface area contributed by atoms with Crippen LogP contribution in [-0.4, -0.2) is 54.3 Å². The summed E-state index contributed by atoms with van der Waals surface area (Å²) in [4.78, 5) is 27.7. The van der Waals surface area contributed by atoms with Crippen molar-refractivity contribution >= 4 is 17.6 Å². The first kappa shape index (κ1) is 18.5. The molecule has 1 heterocycles. The minimum absolute atomic E-state index is 0.258. The van der Waals surface area contributed by atoms with E-state index >= 15 is 0 Å². The summed E-state index contributed by atoms with van der Waals surface area (Å²) in [7, 11) is 7.38. The maximum Gasteiger partial charge on any atom is 0.342 e. The molecule has 0 aliphatic heterocycles. The second-order valence-electron chi connectivity index (χ2n) is 6.15. The van der Waals surface area contributed by atoms with Gasteiger partial charge in [-0.25, -0.2) is 4.79 Å². The molecule has 2 aromatic rings. The highest BCUT2D eigenvalue weighted by atomic mass is 16.5. The minimum Gasteiger partial charge on any atom is -0.452 e. The molecule has 1 aromatic carbocycles. The molecule has 0 aliphatic carbocycles. The van der Waals surface area contributed by atoms with Crippen LogP contribution >= 0.6 is 0 Å². The van der Waals surface area contributed by atoms with E-state index in [2.05, 4.69) is 5.10 Å². The van der Waals surface area contributed by atoms with Gasteiger partial charge < -0.3 is 14.5 Å². The number of carbonyl (C=O) groups is 2. The zero-order valence-corrected chi connectivity index (χ0v) is 15.3. The van der Waals surface area contributed by atoms with Crippen molar-refractivity contribution in [1.29, 1.82) is 0 Å². The smallest absolute Gasteiger partial charge is 0.342 e. The summed E-state index contributed by atoms with van der Waals surface area (Å²) < 4.78 is 6.69. The third-order valence-electron chi connectivity index (χ3n) is 4.08. The van der Waals surface area contributed by atoms with E-state index in [0.717, 1.165) is 11.3 Å². The molecular formula is C18H24N4O3. The average Bonchev–Trinajstić information content (AvgIpc) is 2.92. The van der Waals surface area contributed by atoms with E-state index in [1.807, 2.05) is 43.3 Å². The van der Waals surface area contributed by atoms with Crippen molar-refractivity contribution in [2.24, 2.45) is 7.05 Å². The Morgan fingerprint density at radius 1 is 1.16 bits per heavy atom. The summed E-state index contributed by atoms with van der Waals surface area (Å²) in [6.45, 7) is 1.93. The maximum atomic E-state index is 12.2. The van der Waals surface area contributed by atoms with Gasteiger partial charge in [0.25, 0.3) is 5.91 Å². The molecule has 0 atom stereocenters. The molecule has 0 spiro atoms. The van der Waals surface area contributed by atoms with Crippen LogP contribution in [0, 0.1) is 6.92 Å². The lowest BCUT2D eigenvalue weighted by Gasteiger charge is -2.18. The molecule has 7 nitrogen and oxygen atoms in total. The van der Waals surface area contributed by atoms with Gasteiger partial charge in [-0.2, -0.15) is 5.10 Å². The van der Waals surface area contributed by atoms with Crippen LogP contribution in [0.4, 0.5) is 5.69 Å². The van der Waals surface area contributed by atoms with Crippen LogP contribution in [0.5, 0.6) is 0 Å². The Morgan fingerprint density at radius 3 is 2.32 bits per heavy atom. The molecule has 0 bridgehead atoms. The van der Waals surface area contributed by atoms with Crippen molar-refractivity contribution < 1.29 is 14.3 Å². The number of esters is 1. The van der Waals surface area contributed by atoms with E-state index in [1.54, 1.807) is 25.7 Å². The number of nitrogens with zero attached hydrogens (tertiary/aromatic N) is 4. The molecule has 0 saturated heterocycles. The molecule has 0 aliphatic rings. The van der Waals surface area contributed by atoms with Crippen molar-refractivity contribution in [1.82, 2.24) is 14.7 Å². The van der Waals surface area contributed by atoms with Gasteiger partial charge in [-0.15, -0.1) is 0 Å². The third-order valence-corrected chi connectivity index (χ3v) is 4.08. The Morgan fingerprint density at radius 2 is 1.80 bits per heavy atom. The van der Waals surface area contributed by atoms with Crippen LogP contribution < -0.4 is 4.90 Å². The zero-order chi connectivity index (χ0) is 18.6. The first-order valence-electron chi connectivity index (χ1n) is 7.95. The highest BCUT2D eigenvalue weighted by Crippen LogP contribution is 2.13. The van der Waals surface area contributed by atoms with Crippen LogP contribution in [-0.2, 0) is 23.1 Å². The van der Waals surface area contributed by atoms with Crippen molar-refractivity contribution in [3.8, 4) is 0 Å². The van der Waals surface area contributed by atoms with Crippen LogP contribution in [0.3, 0.4) is 0 Å². The number of hydrogen-bond acceptors (Lipinski definition) is 5. The molecule has 0 N–H and O–H groups in total. The summed E-state index contributed by atoms with van der Waals surface area (Å²) in [5.74, 6) is -0.797. The molecule has 25 heavy (non-hydrogen) atoms. The second-order valence-corrected chi connectivity index (χ2v) is 6.15. The third kappa shape index (κ3) is 4.59. The van der Waals surface area contributed by atoms with Gasteiger partial charge in [0, 0.05) is 46.1 Å². The van der Waals surface area contributed by atoms with E-state index in [-0.39, 0.29) is 12.5 Å². The molecule has 0 radical (unpaired) electrons. The molecule has 134 valence electrons. The number of rotatable bonds is 6. The fraction of sp³-hybridized carbons (Fsp3) is 0.389.